The SMILES string of the molecule is COc1cc(Cl)c(-n2cnc(N)c(C(=O)Nc3cncc([C@H]4CCN4)c3)c2=O)c(Cl)c1. The highest BCUT2D eigenvalue weighted by molar-refractivity contribution is 6.38. The summed E-state index contributed by atoms with van der Waals surface area (Å²) in [6, 6.07) is 4.99. The highest BCUT2D eigenvalue weighted by atomic mass is 35.5. The molecule has 0 radical (unpaired) electrons. The van der Waals surface area contributed by atoms with Crippen molar-refractivity contribution in [1.29, 1.82) is 0 Å². The summed E-state index contributed by atoms with van der Waals surface area (Å²) in [5, 5.41) is 6.22. The summed E-state index contributed by atoms with van der Waals surface area (Å²) in [7, 11) is 1.46. The number of rotatable bonds is 5. The number of halogens is 2. The van der Waals surface area contributed by atoms with Crippen LogP contribution in [0.3, 0.4) is 0 Å². The van der Waals surface area contributed by atoms with E-state index in [1.165, 1.54) is 31.8 Å². The lowest BCUT2D eigenvalue weighted by molar-refractivity contribution is 0.102. The van der Waals surface area contributed by atoms with Gasteiger partial charge in [-0.1, -0.05) is 23.2 Å². The second kappa shape index (κ2) is 8.54. The maximum absolute atomic E-state index is 13.1. The number of ether oxygens (including phenoxy) is 1. The van der Waals surface area contributed by atoms with Crippen LogP contribution >= 0.6 is 23.2 Å². The van der Waals surface area contributed by atoms with E-state index in [4.69, 9.17) is 33.7 Å². The van der Waals surface area contributed by atoms with E-state index in [9.17, 15) is 9.59 Å². The van der Waals surface area contributed by atoms with Crippen molar-refractivity contribution in [2.45, 2.75) is 12.5 Å². The summed E-state index contributed by atoms with van der Waals surface area (Å²) >= 11 is 12.6. The summed E-state index contributed by atoms with van der Waals surface area (Å²) < 4.78 is 6.19. The molecule has 3 aromatic rings. The molecule has 1 aromatic carbocycles. The predicted octanol–water partition coefficient (Wildman–Crippen LogP) is 2.81. The van der Waals surface area contributed by atoms with E-state index in [0.29, 0.717) is 11.4 Å². The summed E-state index contributed by atoms with van der Waals surface area (Å²) in [6.07, 6.45) is 5.37. The monoisotopic (exact) mass is 460 g/mol. The Hall–Kier alpha value is -3.14. The van der Waals surface area contributed by atoms with Gasteiger partial charge in [0.15, 0.2) is 0 Å². The summed E-state index contributed by atoms with van der Waals surface area (Å²) in [4.78, 5) is 34.1. The Morgan fingerprint density at radius 1 is 1.29 bits per heavy atom. The molecule has 1 aliphatic heterocycles. The van der Waals surface area contributed by atoms with Crippen molar-refractivity contribution in [1.82, 2.24) is 19.9 Å². The molecular formula is C20H18Cl2N6O3. The fourth-order valence-corrected chi connectivity index (χ4v) is 3.86. The minimum atomic E-state index is -0.719. The van der Waals surface area contributed by atoms with E-state index in [1.807, 2.05) is 0 Å². The van der Waals surface area contributed by atoms with Gasteiger partial charge >= 0.3 is 0 Å². The van der Waals surface area contributed by atoms with E-state index in [1.54, 1.807) is 12.3 Å². The average Bonchev–Trinajstić information content (AvgIpc) is 2.68. The van der Waals surface area contributed by atoms with Gasteiger partial charge in [-0.2, -0.15) is 0 Å². The maximum atomic E-state index is 13.1. The van der Waals surface area contributed by atoms with Gasteiger partial charge in [0, 0.05) is 24.4 Å². The third kappa shape index (κ3) is 4.07. The number of nitrogens with one attached hydrogen (secondary N) is 2. The molecule has 160 valence electrons. The van der Waals surface area contributed by atoms with Gasteiger partial charge < -0.3 is 21.1 Å². The normalized spacial score (nSPS) is 15.3. The fourth-order valence-electron chi connectivity index (χ4n) is 3.21. The zero-order valence-electron chi connectivity index (χ0n) is 16.4. The van der Waals surface area contributed by atoms with Crippen molar-refractivity contribution < 1.29 is 9.53 Å². The van der Waals surface area contributed by atoms with E-state index >= 15 is 0 Å². The number of anilines is 2. The smallest absolute Gasteiger partial charge is 0.273 e. The quantitative estimate of drug-likeness (QED) is 0.534. The lowest BCUT2D eigenvalue weighted by atomic mass is 9.99. The molecule has 11 heteroatoms. The molecular weight excluding hydrogens is 443 g/mol. The predicted molar refractivity (Wildman–Crippen MR) is 118 cm³/mol. The Labute approximate surface area is 187 Å². The first kappa shape index (κ1) is 21.1. The number of nitrogens with two attached hydrogens (primary N) is 1. The summed E-state index contributed by atoms with van der Waals surface area (Å²) in [5.74, 6) is -0.517. The molecule has 31 heavy (non-hydrogen) atoms. The van der Waals surface area contributed by atoms with Crippen LogP contribution in [-0.2, 0) is 0 Å². The molecule has 4 rings (SSSR count). The lowest BCUT2D eigenvalue weighted by Crippen LogP contribution is -2.35. The number of benzene rings is 1. The maximum Gasteiger partial charge on any atom is 0.273 e. The molecule has 2 aromatic heterocycles. The second-order valence-electron chi connectivity index (χ2n) is 6.88. The number of nitrogen functional groups attached to an aromatic ring is 1. The molecule has 1 aliphatic rings. The topological polar surface area (TPSA) is 124 Å². The van der Waals surface area contributed by atoms with Crippen LogP contribution in [-0.4, -0.2) is 34.1 Å². The van der Waals surface area contributed by atoms with Gasteiger partial charge in [0.2, 0.25) is 0 Å². The molecule has 1 saturated heterocycles. The number of pyridine rings is 1. The van der Waals surface area contributed by atoms with Gasteiger partial charge in [-0.05, 0) is 24.6 Å². The first-order valence-corrected chi connectivity index (χ1v) is 10.0. The summed E-state index contributed by atoms with van der Waals surface area (Å²) in [5.41, 5.74) is 6.34. The Balaban J connectivity index is 1.70. The lowest BCUT2D eigenvalue weighted by Gasteiger charge is -2.27. The number of methoxy groups -OCH3 is 1. The molecule has 3 heterocycles. The highest BCUT2D eigenvalue weighted by Gasteiger charge is 2.23. The molecule has 1 atom stereocenters. The minimum Gasteiger partial charge on any atom is -0.497 e. The van der Waals surface area contributed by atoms with Gasteiger partial charge in [-0.15, -0.1) is 0 Å². The molecule has 1 amide bonds. The van der Waals surface area contributed by atoms with Crippen molar-refractivity contribution >= 4 is 40.6 Å². The van der Waals surface area contributed by atoms with Crippen LogP contribution in [0.4, 0.5) is 11.5 Å². The van der Waals surface area contributed by atoms with Crippen LogP contribution in [0.2, 0.25) is 10.0 Å². The highest BCUT2D eigenvalue weighted by Crippen LogP contribution is 2.32. The Kier molecular flexibility index (Phi) is 5.81. The Morgan fingerprint density at radius 3 is 2.61 bits per heavy atom. The Bertz CT molecular complexity index is 1200. The molecule has 1 fully saturated rings. The van der Waals surface area contributed by atoms with E-state index in [-0.39, 0.29) is 33.2 Å². The van der Waals surface area contributed by atoms with Gasteiger partial charge in [-0.3, -0.25) is 19.1 Å². The third-order valence-electron chi connectivity index (χ3n) is 4.94. The van der Waals surface area contributed by atoms with Gasteiger partial charge in [-0.25, -0.2) is 4.98 Å². The van der Waals surface area contributed by atoms with Crippen LogP contribution in [0.1, 0.15) is 28.4 Å². The zero-order chi connectivity index (χ0) is 22.1. The molecule has 0 aliphatic carbocycles. The molecule has 0 bridgehead atoms. The standard InChI is InChI=1S/C20H18Cl2N6O3/c1-31-12-5-13(21)17(14(22)6-12)28-9-26-18(23)16(20(28)30)19(29)27-11-4-10(7-24-8-11)15-2-3-25-15/h4-9,15,25H,2-3,23H2,1H3,(H,27,29)/t15-/m1/s1. The van der Waals surface area contributed by atoms with Crippen LogP contribution < -0.4 is 26.7 Å². The van der Waals surface area contributed by atoms with E-state index < -0.39 is 11.5 Å². The van der Waals surface area contributed by atoms with Crippen molar-refractivity contribution in [3.05, 3.63) is 68.4 Å². The largest absolute Gasteiger partial charge is 0.497 e. The number of amides is 1. The molecule has 0 unspecified atom stereocenters. The van der Waals surface area contributed by atoms with E-state index in [2.05, 4.69) is 20.6 Å². The zero-order valence-corrected chi connectivity index (χ0v) is 17.9. The molecule has 4 N–H and O–H groups in total. The summed E-state index contributed by atoms with van der Waals surface area (Å²) in [6.45, 7) is 0.934. The Morgan fingerprint density at radius 2 is 2.00 bits per heavy atom. The van der Waals surface area contributed by atoms with Crippen LogP contribution in [0.5, 0.6) is 5.75 Å². The van der Waals surface area contributed by atoms with Gasteiger partial charge in [0.25, 0.3) is 11.5 Å². The number of carbonyl (C=O) groups is 1. The van der Waals surface area contributed by atoms with Crippen molar-refractivity contribution in [3.63, 3.8) is 0 Å². The third-order valence-corrected chi connectivity index (χ3v) is 5.51. The first-order valence-electron chi connectivity index (χ1n) is 9.29. The number of aromatic nitrogens is 3. The van der Waals surface area contributed by atoms with E-state index in [0.717, 1.165) is 23.1 Å². The number of hydrogen-bond acceptors (Lipinski definition) is 7. The molecule has 9 nitrogen and oxygen atoms in total. The average molecular weight is 461 g/mol. The molecule has 0 spiro atoms. The van der Waals surface area contributed by atoms with Gasteiger partial charge in [0.05, 0.1) is 34.7 Å². The first-order chi connectivity index (χ1) is 14.9. The van der Waals surface area contributed by atoms with Crippen molar-refractivity contribution in [3.8, 4) is 11.4 Å². The van der Waals surface area contributed by atoms with Crippen LogP contribution in [0.25, 0.3) is 5.69 Å². The fraction of sp³-hybridized carbons (Fsp3) is 0.200. The number of hydrogen-bond donors (Lipinski definition) is 3. The number of carbonyl (C=O) groups excluding carboxylic acids is 1. The second-order valence-corrected chi connectivity index (χ2v) is 7.69. The number of nitrogens with zero attached hydrogens (tertiary/aromatic N) is 3. The molecule has 0 saturated carbocycles. The van der Waals surface area contributed by atoms with Crippen LogP contribution in [0.15, 0.2) is 41.7 Å². The van der Waals surface area contributed by atoms with Crippen molar-refractivity contribution in [2.75, 3.05) is 24.7 Å². The van der Waals surface area contributed by atoms with Crippen molar-refractivity contribution in [2.24, 2.45) is 0 Å². The van der Waals surface area contributed by atoms with Gasteiger partial charge in [0.1, 0.15) is 23.5 Å². The van der Waals surface area contributed by atoms with Crippen LogP contribution in [0, 0.1) is 0 Å². The minimum absolute atomic E-state index is 0.147.